The predicted octanol–water partition coefficient (Wildman–Crippen LogP) is -0.268. The number of ether oxygens (including phenoxy) is 2. The number of piperazine rings is 1. The van der Waals surface area contributed by atoms with Crippen LogP contribution in [0.5, 0.6) is 0 Å². The van der Waals surface area contributed by atoms with Gasteiger partial charge < -0.3 is 14.4 Å². The average Bonchev–Trinajstić information content (AvgIpc) is 2.40. The van der Waals surface area contributed by atoms with Crippen LogP contribution in [-0.2, 0) is 14.3 Å². The summed E-state index contributed by atoms with van der Waals surface area (Å²) in [4.78, 5) is 15.6. The van der Waals surface area contributed by atoms with Gasteiger partial charge in [-0.15, -0.1) is 0 Å². The summed E-state index contributed by atoms with van der Waals surface area (Å²) in [7, 11) is 0. The molecule has 0 aliphatic carbocycles. The highest BCUT2D eigenvalue weighted by atomic mass is 16.6. The van der Waals surface area contributed by atoms with E-state index in [9.17, 15) is 4.79 Å². The second-order valence-corrected chi connectivity index (χ2v) is 4.40. The van der Waals surface area contributed by atoms with Crippen molar-refractivity contribution < 1.29 is 14.3 Å². The Morgan fingerprint density at radius 1 is 1.29 bits per heavy atom. The fourth-order valence-corrected chi connectivity index (χ4v) is 2.21. The number of carbonyl (C=O) groups is 1. The first kappa shape index (κ1) is 12.5. The van der Waals surface area contributed by atoms with E-state index in [1.165, 1.54) is 6.08 Å². The lowest BCUT2D eigenvalue weighted by Crippen LogP contribution is -2.51. The number of hydrogen-bond donors (Lipinski definition) is 0. The van der Waals surface area contributed by atoms with Crippen LogP contribution in [0, 0.1) is 0 Å². The summed E-state index contributed by atoms with van der Waals surface area (Å²) in [5.41, 5.74) is 0. The van der Waals surface area contributed by atoms with Crippen LogP contribution < -0.4 is 0 Å². The molecule has 1 atom stereocenters. The number of rotatable bonds is 3. The standard InChI is InChI=1S/C12H20N2O3/c1-2-12(15)14-5-3-13(4-6-14)9-11-10-16-7-8-17-11/h2,11H,1,3-10H2. The van der Waals surface area contributed by atoms with Gasteiger partial charge in [-0.05, 0) is 6.08 Å². The highest BCUT2D eigenvalue weighted by molar-refractivity contribution is 5.87. The topological polar surface area (TPSA) is 42.0 Å². The molecule has 2 heterocycles. The number of hydrogen-bond acceptors (Lipinski definition) is 4. The summed E-state index contributed by atoms with van der Waals surface area (Å²) in [5, 5.41) is 0. The Morgan fingerprint density at radius 3 is 2.65 bits per heavy atom. The molecule has 0 bridgehead atoms. The first-order valence-electron chi connectivity index (χ1n) is 6.12. The molecule has 0 aromatic rings. The Labute approximate surface area is 102 Å². The van der Waals surface area contributed by atoms with E-state index in [1.807, 2.05) is 4.90 Å². The van der Waals surface area contributed by atoms with Crippen molar-refractivity contribution in [3.8, 4) is 0 Å². The number of carbonyl (C=O) groups excluding carboxylic acids is 1. The molecule has 0 spiro atoms. The van der Waals surface area contributed by atoms with E-state index in [0.717, 1.165) is 32.7 Å². The summed E-state index contributed by atoms with van der Waals surface area (Å²) in [6.07, 6.45) is 1.57. The van der Waals surface area contributed by atoms with Gasteiger partial charge in [0.15, 0.2) is 0 Å². The summed E-state index contributed by atoms with van der Waals surface area (Å²) in [6, 6.07) is 0. The zero-order chi connectivity index (χ0) is 12.1. The number of amides is 1. The third kappa shape index (κ3) is 3.52. The van der Waals surface area contributed by atoms with Crippen LogP contribution in [0.3, 0.4) is 0 Å². The lowest BCUT2D eigenvalue weighted by molar-refractivity contribution is -0.129. The minimum Gasteiger partial charge on any atom is -0.376 e. The van der Waals surface area contributed by atoms with Gasteiger partial charge in [-0.25, -0.2) is 0 Å². The molecule has 2 aliphatic heterocycles. The SMILES string of the molecule is C=CC(=O)N1CCN(CC2COCCO2)CC1. The monoisotopic (exact) mass is 240 g/mol. The first-order chi connectivity index (χ1) is 8.29. The van der Waals surface area contributed by atoms with E-state index < -0.39 is 0 Å². The molecule has 1 amide bonds. The van der Waals surface area contributed by atoms with Gasteiger partial charge in [0.05, 0.1) is 25.9 Å². The highest BCUT2D eigenvalue weighted by Gasteiger charge is 2.23. The van der Waals surface area contributed by atoms with Gasteiger partial charge in [0.25, 0.3) is 0 Å². The molecular formula is C12H20N2O3. The van der Waals surface area contributed by atoms with Crippen LogP contribution in [0.1, 0.15) is 0 Å². The van der Waals surface area contributed by atoms with Gasteiger partial charge in [0.2, 0.25) is 5.91 Å². The van der Waals surface area contributed by atoms with E-state index in [2.05, 4.69) is 11.5 Å². The molecule has 0 N–H and O–H groups in total. The Kier molecular flexibility index (Phi) is 4.53. The maximum absolute atomic E-state index is 11.4. The molecule has 0 aromatic carbocycles. The summed E-state index contributed by atoms with van der Waals surface area (Å²) in [5.74, 6) is 0.0295. The van der Waals surface area contributed by atoms with E-state index in [-0.39, 0.29) is 12.0 Å². The molecular weight excluding hydrogens is 220 g/mol. The molecule has 5 nitrogen and oxygen atoms in total. The summed E-state index contributed by atoms with van der Waals surface area (Å²) < 4.78 is 11.0. The van der Waals surface area contributed by atoms with Crippen LogP contribution in [0.4, 0.5) is 0 Å². The fraction of sp³-hybridized carbons (Fsp3) is 0.750. The Balaban J connectivity index is 1.71. The summed E-state index contributed by atoms with van der Waals surface area (Å²) >= 11 is 0. The molecule has 2 saturated heterocycles. The minimum atomic E-state index is 0.0295. The van der Waals surface area contributed by atoms with Crippen LogP contribution in [0.2, 0.25) is 0 Å². The third-order valence-corrected chi connectivity index (χ3v) is 3.21. The second-order valence-electron chi connectivity index (χ2n) is 4.40. The van der Waals surface area contributed by atoms with E-state index in [0.29, 0.717) is 19.8 Å². The van der Waals surface area contributed by atoms with Crippen LogP contribution >= 0.6 is 0 Å². The molecule has 1 unspecified atom stereocenters. The van der Waals surface area contributed by atoms with Crippen LogP contribution in [-0.4, -0.2) is 74.4 Å². The lowest BCUT2D eigenvalue weighted by Gasteiger charge is -2.36. The van der Waals surface area contributed by atoms with Gasteiger partial charge in [0, 0.05) is 32.7 Å². The number of nitrogens with zero attached hydrogens (tertiary/aromatic N) is 2. The maximum Gasteiger partial charge on any atom is 0.246 e. The third-order valence-electron chi connectivity index (χ3n) is 3.21. The maximum atomic E-state index is 11.4. The molecule has 2 rings (SSSR count). The Morgan fingerprint density at radius 2 is 2.06 bits per heavy atom. The van der Waals surface area contributed by atoms with Gasteiger partial charge in [-0.1, -0.05) is 6.58 Å². The molecule has 17 heavy (non-hydrogen) atoms. The largest absolute Gasteiger partial charge is 0.376 e. The van der Waals surface area contributed by atoms with Crippen molar-refractivity contribution >= 4 is 5.91 Å². The predicted molar refractivity (Wildman–Crippen MR) is 63.8 cm³/mol. The second kappa shape index (κ2) is 6.14. The molecule has 2 fully saturated rings. The zero-order valence-electron chi connectivity index (χ0n) is 10.1. The van der Waals surface area contributed by atoms with Gasteiger partial charge in [-0.3, -0.25) is 9.69 Å². The molecule has 2 aliphatic rings. The van der Waals surface area contributed by atoms with Crippen molar-refractivity contribution in [2.24, 2.45) is 0 Å². The normalized spacial score (nSPS) is 26.8. The van der Waals surface area contributed by atoms with Gasteiger partial charge in [-0.2, -0.15) is 0 Å². The Hall–Kier alpha value is -0.910. The molecule has 96 valence electrons. The quantitative estimate of drug-likeness (QED) is 0.637. The molecule has 0 saturated carbocycles. The smallest absolute Gasteiger partial charge is 0.246 e. The summed E-state index contributed by atoms with van der Waals surface area (Å²) in [6.45, 7) is 9.85. The van der Waals surface area contributed by atoms with Crippen molar-refractivity contribution in [3.05, 3.63) is 12.7 Å². The highest BCUT2D eigenvalue weighted by Crippen LogP contribution is 2.07. The fourth-order valence-electron chi connectivity index (χ4n) is 2.21. The van der Waals surface area contributed by atoms with E-state index in [4.69, 9.17) is 9.47 Å². The van der Waals surface area contributed by atoms with E-state index >= 15 is 0 Å². The van der Waals surface area contributed by atoms with Crippen molar-refractivity contribution in [1.82, 2.24) is 9.80 Å². The zero-order valence-corrected chi connectivity index (χ0v) is 10.1. The van der Waals surface area contributed by atoms with E-state index in [1.54, 1.807) is 0 Å². The van der Waals surface area contributed by atoms with Crippen LogP contribution in [0.15, 0.2) is 12.7 Å². The van der Waals surface area contributed by atoms with Crippen molar-refractivity contribution in [2.45, 2.75) is 6.10 Å². The van der Waals surface area contributed by atoms with Crippen molar-refractivity contribution in [2.75, 3.05) is 52.5 Å². The first-order valence-corrected chi connectivity index (χ1v) is 6.12. The lowest BCUT2D eigenvalue weighted by atomic mass is 10.2. The minimum absolute atomic E-state index is 0.0295. The molecule has 5 heteroatoms. The van der Waals surface area contributed by atoms with Gasteiger partial charge >= 0.3 is 0 Å². The van der Waals surface area contributed by atoms with Crippen molar-refractivity contribution in [3.63, 3.8) is 0 Å². The average molecular weight is 240 g/mol. The molecule has 0 aromatic heterocycles. The Bertz CT molecular complexity index is 269. The van der Waals surface area contributed by atoms with Crippen molar-refractivity contribution in [1.29, 1.82) is 0 Å². The molecule has 0 radical (unpaired) electrons. The van der Waals surface area contributed by atoms with Crippen LogP contribution in [0.25, 0.3) is 0 Å². The van der Waals surface area contributed by atoms with Gasteiger partial charge in [0.1, 0.15) is 0 Å².